The molecule has 41 heavy (non-hydrogen) atoms. The van der Waals surface area contributed by atoms with Crippen molar-refractivity contribution in [3.05, 3.63) is 90.8 Å². The first-order valence-corrected chi connectivity index (χ1v) is 19.2. The molecule has 0 unspecified atom stereocenters. The molecule has 5 aliphatic rings. The standard InChI is InChI=1S/C23H21.C9H13.C6H10.2ClH.Zr/c1-22(2)7-5-14-10-18-16(12-20(14)22)9-17-13-21-15(11-19(17)18)6-8-23(21,3)4;1-9(2,3)8-6-4-5-7-8;1-2-4-6-5-3-1;;;/h5-13H,1-4H3;6-7H,4H2,1-3H3;1-5H2;2*1H;/q;;;;;+2/p-2. The first kappa shape index (κ1) is 31.2. The molecule has 0 amide bonds. The van der Waals surface area contributed by atoms with Gasteiger partial charge in [-0.1, -0.05) is 0 Å². The molecule has 2 aromatic carbocycles. The van der Waals surface area contributed by atoms with Gasteiger partial charge in [0.2, 0.25) is 0 Å². The van der Waals surface area contributed by atoms with Gasteiger partial charge in [0, 0.05) is 0 Å². The van der Waals surface area contributed by atoms with Crippen LogP contribution in [0.5, 0.6) is 0 Å². The van der Waals surface area contributed by atoms with E-state index in [1.165, 1.54) is 71.9 Å². The number of halogens is 2. The normalized spacial score (nSPS) is 20.7. The molecule has 7 rings (SSSR count). The van der Waals surface area contributed by atoms with Crippen molar-refractivity contribution in [2.45, 2.75) is 101 Å². The van der Waals surface area contributed by atoms with E-state index in [1.807, 2.05) is 6.49 Å². The fourth-order valence-corrected chi connectivity index (χ4v) is 17.4. The zero-order valence-electron chi connectivity index (χ0n) is 25.8. The summed E-state index contributed by atoms with van der Waals surface area (Å²) in [5.41, 5.74) is 14.4. The molecule has 5 aliphatic carbocycles. The molecular weight excluding hydrogens is 619 g/mol. The van der Waals surface area contributed by atoms with Crippen LogP contribution in [0.15, 0.2) is 57.4 Å². The second-order valence-corrected chi connectivity index (χ2v) is 21.7. The number of hydrogen-bond acceptors (Lipinski definition) is 0. The number of benzene rings is 2. The molecule has 0 N–H and O–H groups in total. The van der Waals surface area contributed by atoms with Gasteiger partial charge in [-0.25, -0.2) is 0 Å². The van der Waals surface area contributed by atoms with Crippen LogP contribution in [0, 0.1) is 5.41 Å². The summed E-state index contributed by atoms with van der Waals surface area (Å²) in [7, 11) is 0. The summed E-state index contributed by atoms with van der Waals surface area (Å²) in [6, 6.07) is 10.5. The Labute approximate surface area is 268 Å². The summed E-state index contributed by atoms with van der Waals surface area (Å²) in [6.07, 6.45) is 23.1. The Hall–Kier alpha value is -1.27. The van der Waals surface area contributed by atoms with Gasteiger partial charge in [-0.3, -0.25) is 0 Å². The molecule has 3 heteroatoms. The monoisotopic (exact) mass is 660 g/mol. The third kappa shape index (κ3) is 5.05. The second-order valence-electron chi connectivity index (χ2n) is 15.0. The quantitative estimate of drug-likeness (QED) is 0.448. The topological polar surface area (TPSA) is 0 Å². The minimum absolute atomic E-state index is 0. The molecule has 0 bridgehead atoms. The van der Waals surface area contributed by atoms with E-state index in [1.54, 1.807) is 16.7 Å². The van der Waals surface area contributed by atoms with Crippen molar-refractivity contribution in [1.82, 2.24) is 0 Å². The molecule has 0 aliphatic heterocycles. The molecule has 0 spiro atoms. The van der Waals surface area contributed by atoms with Crippen molar-refractivity contribution in [2.75, 3.05) is 0 Å². The van der Waals surface area contributed by atoms with Crippen LogP contribution in [0.1, 0.15) is 124 Å². The van der Waals surface area contributed by atoms with Crippen molar-refractivity contribution >= 4 is 15.4 Å². The summed E-state index contributed by atoms with van der Waals surface area (Å²) in [4.78, 5) is 0. The maximum atomic E-state index is 2.70. The van der Waals surface area contributed by atoms with Gasteiger partial charge in [0.05, 0.1) is 0 Å². The van der Waals surface area contributed by atoms with Crippen molar-refractivity contribution in [3.8, 4) is 11.1 Å². The number of hydrogen-bond donors (Lipinski definition) is 0. The van der Waals surface area contributed by atoms with Crippen molar-refractivity contribution < 1.29 is 46.1 Å². The maximum absolute atomic E-state index is 2.70. The number of rotatable bonds is 2. The van der Waals surface area contributed by atoms with Gasteiger partial charge < -0.3 is 24.8 Å². The van der Waals surface area contributed by atoms with Crippen LogP contribution >= 0.6 is 0 Å². The minimum Gasteiger partial charge on any atom is -1.00 e. The Morgan fingerprint density at radius 2 is 1.24 bits per heavy atom. The van der Waals surface area contributed by atoms with E-state index >= 15 is 0 Å². The molecule has 1 fully saturated rings. The van der Waals surface area contributed by atoms with E-state index in [4.69, 9.17) is 0 Å². The Kier molecular flexibility index (Phi) is 8.15. The summed E-state index contributed by atoms with van der Waals surface area (Å²) in [5, 5.41) is 0. The zero-order chi connectivity index (χ0) is 27.3. The van der Waals surface area contributed by atoms with Gasteiger partial charge in [-0.2, -0.15) is 0 Å². The molecule has 214 valence electrons. The van der Waals surface area contributed by atoms with E-state index in [0.717, 1.165) is 0 Å². The second kappa shape index (κ2) is 10.7. The van der Waals surface area contributed by atoms with Crippen molar-refractivity contribution in [3.63, 3.8) is 0 Å². The van der Waals surface area contributed by atoms with Gasteiger partial charge in [0.15, 0.2) is 0 Å². The molecule has 0 nitrogen and oxygen atoms in total. The Morgan fingerprint density at radius 3 is 1.71 bits per heavy atom. The van der Waals surface area contributed by atoms with E-state index in [2.05, 4.69) is 109 Å². The Balaban J connectivity index is 0.00000169. The van der Waals surface area contributed by atoms with Gasteiger partial charge in [-0.05, 0) is 0 Å². The van der Waals surface area contributed by atoms with Crippen LogP contribution < -0.4 is 24.8 Å². The third-order valence-electron chi connectivity index (χ3n) is 10.3. The third-order valence-corrected chi connectivity index (χ3v) is 18.9. The first-order valence-electron chi connectivity index (χ1n) is 15.3. The molecule has 0 heterocycles. The minimum atomic E-state index is -2.27. The molecule has 0 radical (unpaired) electrons. The van der Waals surface area contributed by atoms with Crippen LogP contribution in [-0.2, 0) is 32.1 Å². The van der Waals surface area contributed by atoms with Gasteiger partial charge in [0.1, 0.15) is 0 Å². The SMILES string of the molecule is CC(C)(C)C1=CC[C]([Zr+2](=[C]2CCCCC2)[CH]2c3cc4c(cc3-c3cc5c(cc32)C(C)(C)C=C5)C=CC4(C)C)=C1.[Cl-].[Cl-]. The van der Waals surface area contributed by atoms with Crippen LogP contribution in [0.4, 0.5) is 0 Å². The Morgan fingerprint density at radius 1 is 0.732 bits per heavy atom. The van der Waals surface area contributed by atoms with Crippen LogP contribution in [0.2, 0.25) is 0 Å². The fourth-order valence-electron chi connectivity index (χ4n) is 7.96. The largest absolute Gasteiger partial charge is 1.00 e. The number of fused-ring (bicyclic) bond motifs is 5. The Bertz CT molecular complexity index is 1500. The fraction of sp³-hybridized carbons (Fsp3) is 0.447. The molecule has 1 saturated carbocycles. The van der Waals surface area contributed by atoms with Crippen molar-refractivity contribution in [2.24, 2.45) is 5.41 Å². The van der Waals surface area contributed by atoms with Gasteiger partial charge in [-0.15, -0.1) is 0 Å². The molecule has 2 aromatic rings. The van der Waals surface area contributed by atoms with Crippen LogP contribution in [-0.4, -0.2) is 3.21 Å². The summed E-state index contributed by atoms with van der Waals surface area (Å²) >= 11 is -2.27. The smallest absolute Gasteiger partial charge is 1.00 e. The summed E-state index contributed by atoms with van der Waals surface area (Å²) in [6.45, 7) is 16.8. The predicted octanol–water partition coefficient (Wildman–Crippen LogP) is 4.39. The van der Waals surface area contributed by atoms with Gasteiger partial charge >= 0.3 is 245 Å². The molecular formula is C38H44Cl2Zr. The van der Waals surface area contributed by atoms with E-state index in [-0.39, 0.29) is 41.1 Å². The molecule has 0 aromatic heterocycles. The average molecular weight is 663 g/mol. The van der Waals surface area contributed by atoms with E-state index < -0.39 is 21.3 Å². The number of allylic oxidation sites excluding steroid dienone is 6. The average Bonchev–Trinajstić information content (AvgIpc) is 3.63. The first-order chi connectivity index (χ1) is 18.4. The predicted molar refractivity (Wildman–Crippen MR) is 166 cm³/mol. The van der Waals surface area contributed by atoms with Gasteiger partial charge in [0.25, 0.3) is 0 Å². The molecule has 0 atom stereocenters. The van der Waals surface area contributed by atoms with E-state index in [9.17, 15) is 0 Å². The van der Waals surface area contributed by atoms with Crippen molar-refractivity contribution in [1.29, 1.82) is 0 Å². The summed E-state index contributed by atoms with van der Waals surface area (Å²) < 4.78 is 4.48. The molecule has 0 saturated heterocycles. The van der Waals surface area contributed by atoms with E-state index in [0.29, 0.717) is 3.63 Å². The maximum Gasteiger partial charge on any atom is -1.00 e. The van der Waals surface area contributed by atoms with Crippen LogP contribution in [0.25, 0.3) is 23.3 Å². The summed E-state index contributed by atoms with van der Waals surface area (Å²) in [5.74, 6) is 0. The van der Waals surface area contributed by atoms with Crippen LogP contribution in [0.3, 0.4) is 0 Å². The zero-order valence-corrected chi connectivity index (χ0v) is 29.8.